The highest BCUT2D eigenvalue weighted by Crippen LogP contribution is 2.44. The number of aliphatic hydroxyl groups is 1. The Morgan fingerprint density at radius 3 is 2.62 bits per heavy atom. The molecule has 4 rings (SSSR count). The van der Waals surface area contributed by atoms with Gasteiger partial charge in [0.15, 0.2) is 5.13 Å². The summed E-state index contributed by atoms with van der Waals surface area (Å²) in [7, 11) is 0. The van der Waals surface area contributed by atoms with Gasteiger partial charge in [-0.3, -0.25) is 14.5 Å². The van der Waals surface area contributed by atoms with E-state index in [-0.39, 0.29) is 33.3 Å². The van der Waals surface area contributed by atoms with Crippen molar-refractivity contribution in [1.29, 1.82) is 0 Å². The second-order valence-electron chi connectivity index (χ2n) is 8.20. The van der Waals surface area contributed by atoms with Crippen LogP contribution in [0.1, 0.15) is 52.8 Å². The Bertz CT molecular complexity index is 1400. The van der Waals surface area contributed by atoms with Crippen molar-refractivity contribution in [2.45, 2.75) is 33.2 Å². The molecule has 192 valence electrons. The molecule has 2 heterocycles. The van der Waals surface area contributed by atoms with E-state index in [1.807, 2.05) is 6.92 Å². The van der Waals surface area contributed by atoms with Crippen molar-refractivity contribution in [2.24, 2.45) is 0 Å². The lowest BCUT2D eigenvalue weighted by atomic mass is 9.95. The predicted octanol–water partition coefficient (Wildman–Crippen LogP) is 5.18. The molecule has 10 heteroatoms. The third kappa shape index (κ3) is 4.97. The molecule has 1 fully saturated rings. The van der Waals surface area contributed by atoms with Crippen LogP contribution in [-0.4, -0.2) is 41.0 Å². The molecular formula is C27H25FN2O6S. The summed E-state index contributed by atoms with van der Waals surface area (Å²) < 4.78 is 25.8. The Labute approximate surface area is 217 Å². The van der Waals surface area contributed by atoms with E-state index in [0.29, 0.717) is 18.1 Å². The van der Waals surface area contributed by atoms with Crippen molar-refractivity contribution in [3.63, 3.8) is 0 Å². The fourth-order valence-corrected chi connectivity index (χ4v) is 4.99. The molecule has 1 unspecified atom stereocenters. The van der Waals surface area contributed by atoms with Gasteiger partial charge >= 0.3 is 11.9 Å². The first kappa shape index (κ1) is 26.0. The Hall–Kier alpha value is -4.05. The first-order valence-corrected chi connectivity index (χ1v) is 12.5. The van der Waals surface area contributed by atoms with Crippen LogP contribution in [0.15, 0.2) is 54.1 Å². The molecule has 0 radical (unpaired) electrons. The van der Waals surface area contributed by atoms with Gasteiger partial charge in [-0.15, -0.1) is 0 Å². The van der Waals surface area contributed by atoms with Gasteiger partial charge in [-0.05, 0) is 38.5 Å². The number of carbonyl (C=O) groups is 3. The number of halogens is 1. The maximum absolute atomic E-state index is 15.1. The molecule has 0 spiro atoms. The van der Waals surface area contributed by atoms with E-state index in [0.717, 1.165) is 22.7 Å². The third-order valence-corrected chi connectivity index (χ3v) is 6.81. The molecule has 1 aromatic heterocycles. The Morgan fingerprint density at radius 2 is 1.92 bits per heavy atom. The molecule has 0 saturated carbocycles. The zero-order chi connectivity index (χ0) is 26.7. The van der Waals surface area contributed by atoms with Crippen molar-refractivity contribution in [3.05, 3.63) is 81.6 Å². The van der Waals surface area contributed by atoms with Crippen LogP contribution in [0, 0.1) is 12.7 Å². The fraction of sp³-hybridized carbons (Fsp3) is 0.259. The van der Waals surface area contributed by atoms with Crippen molar-refractivity contribution in [1.82, 2.24) is 4.98 Å². The largest absolute Gasteiger partial charge is 0.507 e. The van der Waals surface area contributed by atoms with Crippen molar-refractivity contribution in [2.75, 3.05) is 18.1 Å². The van der Waals surface area contributed by atoms with Crippen LogP contribution in [0.3, 0.4) is 0 Å². The number of nitrogens with zero attached hydrogens (tertiary/aromatic N) is 2. The lowest BCUT2D eigenvalue weighted by Crippen LogP contribution is -2.29. The van der Waals surface area contributed by atoms with Crippen LogP contribution in [0.4, 0.5) is 9.52 Å². The molecule has 1 atom stereocenters. The number of hydrogen-bond acceptors (Lipinski definition) is 8. The van der Waals surface area contributed by atoms with Gasteiger partial charge in [0, 0.05) is 11.1 Å². The Morgan fingerprint density at radius 1 is 1.16 bits per heavy atom. The number of aliphatic hydroxyl groups excluding tert-OH is 1. The summed E-state index contributed by atoms with van der Waals surface area (Å²) in [5, 5.41) is 11.3. The Kier molecular flexibility index (Phi) is 7.68. The number of amides is 1. The average Bonchev–Trinajstić information content (AvgIpc) is 3.39. The summed E-state index contributed by atoms with van der Waals surface area (Å²) in [5.74, 6) is -3.31. The number of aromatic nitrogens is 1. The van der Waals surface area contributed by atoms with Crippen molar-refractivity contribution in [3.8, 4) is 5.75 Å². The first-order valence-electron chi connectivity index (χ1n) is 11.7. The number of aryl methyl sites for hydroxylation is 1. The van der Waals surface area contributed by atoms with Crippen LogP contribution >= 0.6 is 11.3 Å². The summed E-state index contributed by atoms with van der Waals surface area (Å²) >= 11 is 0.857. The lowest BCUT2D eigenvalue weighted by molar-refractivity contribution is -0.132. The van der Waals surface area contributed by atoms with Gasteiger partial charge in [-0.25, -0.2) is 14.2 Å². The molecule has 0 aliphatic carbocycles. The van der Waals surface area contributed by atoms with Crippen LogP contribution in [0.5, 0.6) is 5.75 Å². The number of rotatable bonds is 8. The summed E-state index contributed by atoms with van der Waals surface area (Å²) in [6.45, 7) is 5.78. The second kappa shape index (κ2) is 10.9. The van der Waals surface area contributed by atoms with Gasteiger partial charge in [-0.2, -0.15) is 0 Å². The molecule has 1 saturated heterocycles. The van der Waals surface area contributed by atoms with Crippen LogP contribution in [-0.2, 0) is 14.3 Å². The lowest BCUT2D eigenvalue weighted by Gasteiger charge is -2.23. The summed E-state index contributed by atoms with van der Waals surface area (Å²) in [6.07, 6.45) is 0.773. The van der Waals surface area contributed by atoms with E-state index in [1.165, 1.54) is 18.2 Å². The van der Waals surface area contributed by atoms with Gasteiger partial charge in [0.25, 0.3) is 5.78 Å². The van der Waals surface area contributed by atoms with E-state index in [2.05, 4.69) is 4.98 Å². The monoisotopic (exact) mass is 524 g/mol. The van der Waals surface area contributed by atoms with E-state index < -0.39 is 35.3 Å². The molecule has 37 heavy (non-hydrogen) atoms. The number of anilines is 1. The van der Waals surface area contributed by atoms with E-state index in [9.17, 15) is 19.5 Å². The zero-order valence-electron chi connectivity index (χ0n) is 20.5. The van der Waals surface area contributed by atoms with Gasteiger partial charge in [0.05, 0.1) is 24.5 Å². The Balaban J connectivity index is 1.89. The number of benzene rings is 2. The standard InChI is InChI=1S/C27H25FN2O6S/c1-4-13-36-17-10-8-9-16(14-17)22(31)20-21(18-11-6-7-12-19(18)28)30(25(33)23(20)32)27-29-15(3)24(37-27)26(34)35-5-2/h6-12,14,21,31H,4-5,13H2,1-3H3/b22-20+. The highest BCUT2D eigenvalue weighted by atomic mass is 32.1. The summed E-state index contributed by atoms with van der Waals surface area (Å²) in [4.78, 5) is 44.5. The van der Waals surface area contributed by atoms with Crippen molar-refractivity contribution >= 4 is 39.9 Å². The molecular weight excluding hydrogens is 499 g/mol. The number of hydrogen-bond donors (Lipinski definition) is 1. The number of Topliss-reactive ketones (excluding diaryl/α,β-unsaturated/α-hetero) is 1. The minimum Gasteiger partial charge on any atom is -0.507 e. The molecule has 1 N–H and O–H groups in total. The molecule has 1 aliphatic rings. The van der Waals surface area contributed by atoms with E-state index in [4.69, 9.17) is 9.47 Å². The fourth-order valence-electron chi connectivity index (χ4n) is 4.00. The normalized spacial score (nSPS) is 16.8. The number of ether oxygens (including phenoxy) is 2. The second-order valence-corrected chi connectivity index (χ2v) is 9.18. The molecule has 1 amide bonds. The highest BCUT2D eigenvalue weighted by Gasteiger charge is 2.49. The van der Waals surface area contributed by atoms with Crippen molar-refractivity contribution < 1.29 is 33.4 Å². The zero-order valence-corrected chi connectivity index (χ0v) is 21.3. The van der Waals surface area contributed by atoms with E-state index >= 15 is 4.39 Å². The predicted molar refractivity (Wildman–Crippen MR) is 136 cm³/mol. The SMILES string of the molecule is CCCOc1cccc(/C(O)=C2\C(=O)C(=O)N(c3nc(C)c(C(=O)OCC)s3)C2c2ccccc2F)c1. The van der Waals surface area contributed by atoms with Crippen LogP contribution < -0.4 is 9.64 Å². The molecule has 2 aromatic carbocycles. The summed E-state index contributed by atoms with van der Waals surface area (Å²) in [5.41, 5.74) is 0.226. The molecule has 1 aliphatic heterocycles. The van der Waals surface area contributed by atoms with Gasteiger partial charge < -0.3 is 14.6 Å². The van der Waals surface area contributed by atoms with Gasteiger partial charge in [-0.1, -0.05) is 48.6 Å². The average molecular weight is 525 g/mol. The first-order chi connectivity index (χ1) is 17.8. The number of thiazole rings is 1. The number of esters is 1. The maximum Gasteiger partial charge on any atom is 0.350 e. The molecule has 0 bridgehead atoms. The van der Waals surface area contributed by atoms with Gasteiger partial charge in [0.1, 0.15) is 28.2 Å². The van der Waals surface area contributed by atoms with Crippen LogP contribution in [0.25, 0.3) is 5.76 Å². The van der Waals surface area contributed by atoms with Crippen LogP contribution in [0.2, 0.25) is 0 Å². The van der Waals surface area contributed by atoms with E-state index in [1.54, 1.807) is 44.2 Å². The maximum atomic E-state index is 15.1. The third-order valence-electron chi connectivity index (χ3n) is 5.68. The summed E-state index contributed by atoms with van der Waals surface area (Å²) in [6, 6.07) is 10.8. The quantitative estimate of drug-likeness (QED) is 0.187. The topological polar surface area (TPSA) is 106 Å². The highest BCUT2D eigenvalue weighted by molar-refractivity contribution is 7.17. The number of ketones is 1. The minimum absolute atomic E-state index is 0.00725. The van der Waals surface area contributed by atoms with Gasteiger partial charge in [0.2, 0.25) is 0 Å². The number of carbonyl (C=O) groups excluding carboxylic acids is 3. The molecule has 8 nitrogen and oxygen atoms in total. The molecule has 3 aromatic rings. The minimum atomic E-state index is -1.32. The smallest absolute Gasteiger partial charge is 0.350 e.